The molecule has 0 radical (unpaired) electrons. The lowest BCUT2D eigenvalue weighted by Crippen LogP contribution is -2.15. The van der Waals surface area contributed by atoms with E-state index < -0.39 is 14.9 Å². The second-order valence-corrected chi connectivity index (χ2v) is 6.56. The number of sulfonamides is 1. The minimum atomic E-state index is -3.95. The van der Waals surface area contributed by atoms with Gasteiger partial charge >= 0.3 is 0 Å². The maximum absolute atomic E-state index is 12.4. The molecule has 0 amide bonds. The van der Waals surface area contributed by atoms with Crippen LogP contribution in [0.4, 0.5) is 11.4 Å². The molecule has 0 atom stereocenters. The molecule has 1 aromatic heterocycles. The summed E-state index contributed by atoms with van der Waals surface area (Å²) in [5.41, 5.74) is 0.378. The van der Waals surface area contributed by atoms with E-state index in [1.54, 1.807) is 13.0 Å². The van der Waals surface area contributed by atoms with Gasteiger partial charge in [0.25, 0.3) is 15.7 Å². The maximum Gasteiger partial charge on any atom is 0.270 e. The van der Waals surface area contributed by atoms with Crippen LogP contribution in [0, 0.1) is 17.0 Å². The van der Waals surface area contributed by atoms with Crippen molar-refractivity contribution in [3.63, 3.8) is 0 Å². The molecule has 110 valence electrons. The van der Waals surface area contributed by atoms with Crippen molar-refractivity contribution >= 4 is 37.3 Å². The molecular weight excluding hydrogens is 362 g/mol. The molecule has 7 nitrogen and oxygen atoms in total. The number of pyridine rings is 1. The first-order valence-electron chi connectivity index (χ1n) is 5.69. The first-order chi connectivity index (χ1) is 9.81. The minimum absolute atomic E-state index is 0.146. The number of aromatic nitrogens is 1. The fourth-order valence-corrected chi connectivity index (χ4v) is 3.47. The number of halogens is 1. The molecule has 0 aliphatic carbocycles. The predicted molar refractivity (Wildman–Crippen MR) is 80.6 cm³/mol. The van der Waals surface area contributed by atoms with Crippen molar-refractivity contribution < 1.29 is 13.3 Å². The maximum atomic E-state index is 12.4. The Kier molecular flexibility index (Phi) is 4.24. The molecule has 1 heterocycles. The third-order valence-corrected chi connectivity index (χ3v) is 4.81. The van der Waals surface area contributed by atoms with Crippen molar-refractivity contribution in [1.29, 1.82) is 0 Å². The van der Waals surface area contributed by atoms with Crippen molar-refractivity contribution in [1.82, 2.24) is 4.98 Å². The summed E-state index contributed by atoms with van der Waals surface area (Å²) < 4.78 is 27.4. The highest BCUT2D eigenvalue weighted by atomic mass is 79.9. The number of anilines is 1. The molecule has 21 heavy (non-hydrogen) atoms. The van der Waals surface area contributed by atoms with Crippen molar-refractivity contribution in [3.8, 4) is 0 Å². The number of benzene rings is 1. The van der Waals surface area contributed by atoms with Crippen molar-refractivity contribution in [2.75, 3.05) is 4.72 Å². The van der Waals surface area contributed by atoms with Gasteiger partial charge in [0.2, 0.25) is 0 Å². The zero-order valence-electron chi connectivity index (χ0n) is 10.8. The summed E-state index contributed by atoms with van der Waals surface area (Å²) in [6.07, 6.45) is 1.50. The monoisotopic (exact) mass is 371 g/mol. The van der Waals surface area contributed by atoms with Crippen LogP contribution in [0.1, 0.15) is 5.56 Å². The lowest BCUT2D eigenvalue weighted by molar-refractivity contribution is -0.385. The van der Waals surface area contributed by atoms with E-state index >= 15 is 0 Å². The molecule has 2 rings (SSSR count). The third kappa shape index (κ3) is 3.37. The minimum Gasteiger partial charge on any atom is -0.277 e. The number of hydrogen-bond acceptors (Lipinski definition) is 5. The first-order valence-corrected chi connectivity index (χ1v) is 7.97. The van der Waals surface area contributed by atoms with Crippen LogP contribution in [-0.4, -0.2) is 18.3 Å². The van der Waals surface area contributed by atoms with E-state index in [1.807, 2.05) is 0 Å². The van der Waals surface area contributed by atoms with Crippen molar-refractivity contribution in [2.45, 2.75) is 11.8 Å². The Bertz CT molecular complexity index is 808. The Morgan fingerprint density at radius 3 is 2.67 bits per heavy atom. The summed E-state index contributed by atoms with van der Waals surface area (Å²) in [5, 5.41) is 10.8. The van der Waals surface area contributed by atoms with E-state index in [0.29, 0.717) is 10.2 Å². The molecule has 0 unspecified atom stereocenters. The number of aryl methyl sites for hydroxylation is 1. The Hall–Kier alpha value is -2.00. The molecule has 1 N–H and O–H groups in total. The molecule has 0 spiro atoms. The van der Waals surface area contributed by atoms with Crippen LogP contribution >= 0.6 is 15.9 Å². The number of nitro benzene ring substituents is 1. The Balaban J connectivity index is 2.47. The molecule has 0 saturated heterocycles. The van der Waals surface area contributed by atoms with Gasteiger partial charge in [-0.3, -0.25) is 14.8 Å². The molecule has 0 aliphatic heterocycles. The molecular formula is C12H10BrN3O4S. The highest BCUT2D eigenvalue weighted by molar-refractivity contribution is 9.10. The molecule has 0 bridgehead atoms. The van der Waals surface area contributed by atoms with Crippen LogP contribution in [0.25, 0.3) is 0 Å². The highest BCUT2D eigenvalue weighted by Crippen LogP contribution is 2.26. The standard InChI is InChI=1S/C12H10BrN3O4S/c1-8-4-5-9(16(17)18)7-11(8)21(19,20)15-10-3-2-6-14-12(10)13/h2-7,15H,1H3. The average Bonchev–Trinajstić information content (AvgIpc) is 2.41. The van der Waals surface area contributed by atoms with E-state index in [1.165, 1.54) is 24.4 Å². The van der Waals surface area contributed by atoms with E-state index in [0.717, 1.165) is 6.07 Å². The van der Waals surface area contributed by atoms with Crippen molar-refractivity contribution in [2.24, 2.45) is 0 Å². The smallest absolute Gasteiger partial charge is 0.270 e. The van der Waals surface area contributed by atoms with Gasteiger partial charge in [0.15, 0.2) is 0 Å². The first kappa shape index (κ1) is 15.4. The summed E-state index contributed by atoms with van der Waals surface area (Å²) in [5.74, 6) is 0. The van der Waals surface area contributed by atoms with E-state index in [9.17, 15) is 18.5 Å². The Morgan fingerprint density at radius 1 is 1.33 bits per heavy atom. The fraction of sp³-hybridized carbons (Fsp3) is 0.0833. The zero-order chi connectivity index (χ0) is 15.6. The van der Waals surface area contributed by atoms with Crippen LogP contribution in [0.2, 0.25) is 0 Å². The van der Waals surface area contributed by atoms with Crippen molar-refractivity contribution in [3.05, 3.63) is 56.8 Å². The lowest BCUT2D eigenvalue weighted by atomic mass is 10.2. The normalized spacial score (nSPS) is 11.1. The number of nitrogens with one attached hydrogen (secondary N) is 1. The van der Waals surface area contributed by atoms with Crippen LogP contribution < -0.4 is 4.72 Å². The fourth-order valence-electron chi connectivity index (χ4n) is 1.65. The number of non-ortho nitro benzene ring substituents is 1. The quantitative estimate of drug-likeness (QED) is 0.505. The van der Waals surface area contributed by atoms with Gasteiger partial charge in [-0.2, -0.15) is 0 Å². The van der Waals surface area contributed by atoms with Crippen LogP contribution in [0.3, 0.4) is 0 Å². The summed E-state index contributed by atoms with van der Waals surface area (Å²) in [6.45, 7) is 1.57. The van der Waals surface area contributed by atoms with E-state index in [-0.39, 0.29) is 16.3 Å². The highest BCUT2D eigenvalue weighted by Gasteiger charge is 2.21. The molecule has 0 saturated carbocycles. The largest absolute Gasteiger partial charge is 0.277 e. The second kappa shape index (κ2) is 5.78. The van der Waals surface area contributed by atoms with Gasteiger partial charge in [-0.1, -0.05) is 6.07 Å². The molecule has 1 aromatic carbocycles. The number of rotatable bonds is 4. The van der Waals surface area contributed by atoms with E-state index in [4.69, 9.17) is 0 Å². The third-order valence-electron chi connectivity index (χ3n) is 2.68. The van der Waals surface area contributed by atoms with Gasteiger partial charge in [-0.05, 0) is 40.5 Å². The Morgan fingerprint density at radius 2 is 2.05 bits per heavy atom. The summed E-state index contributed by atoms with van der Waals surface area (Å²) >= 11 is 3.13. The predicted octanol–water partition coefficient (Wildman–Crippen LogP) is 2.86. The zero-order valence-corrected chi connectivity index (χ0v) is 13.2. The van der Waals surface area contributed by atoms with Gasteiger partial charge in [0.05, 0.1) is 15.5 Å². The number of nitrogens with zero attached hydrogens (tertiary/aromatic N) is 2. The van der Waals surface area contributed by atoms with Crippen LogP contribution in [0.5, 0.6) is 0 Å². The van der Waals surface area contributed by atoms with Crippen LogP contribution in [0.15, 0.2) is 46.0 Å². The van der Waals surface area contributed by atoms with E-state index in [2.05, 4.69) is 25.6 Å². The second-order valence-electron chi connectivity index (χ2n) is 4.15. The van der Waals surface area contributed by atoms with Gasteiger partial charge in [-0.25, -0.2) is 13.4 Å². The summed E-state index contributed by atoms with van der Waals surface area (Å²) in [6, 6.07) is 6.78. The summed E-state index contributed by atoms with van der Waals surface area (Å²) in [4.78, 5) is 13.9. The van der Waals surface area contributed by atoms with Crippen LogP contribution in [-0.2, 0) is 10.0 Å². The molecule has 0 aliphatic rings. The van der Waals surface area contributed by atoms with Gasteiger partial charge in [0.1, 0.15) is 4.60 Å². The average molecular weight is 372 g/mol. The van der Waals surface area contributed by atoms with Gasteiger partial charge in [0, 0.05) is 18.3 Å². The number of hydrogen-bond donors (Lipinski definition) is 1. The molecule has 2 aromatic rings. The summed E-state index contributed by atoms with van der Waals surface area (Å²) in [7, 11) is -3.95. The Labute approximate surface area is 129 Å². The lowest BCUT2D eigenvalue weighted by Gasteiger charge is -2.11. The van der Waals surface area contributed by atoms with Gasteiger partial charge < -0.3 is 0 Å². The SMILES string of the molecule is Cc1ccc([N+](=O)[O-])cc1S(=O)(=O)Nc1cccnc1Br. The molecule has 9 heteroatoms. The number of nitro groups is 1. The molecule has 0 fully saturated rings. The topological polar surface area (TPSA) is 102 Å². The van der Waals surface area contributed by atoms with Gasteiger partial charge in [-0.15, -0.1) is 0 Å².